The van der Waals surface area contributed by atoms with Gasteiger partial charge in [0.2, 0.25) is 12.2 Å². The number of hydrogen-bond donors (Lipinski definition) is 4. The van der Waals surface area contributed by atoms with Crippen LogP contribution in [-0.4, -0.2) is 34.3 Å². The number of carboxylic acids is 2. The molecule has 1 aliphatic carbocycles. The number of carbonyl (C=O) groups excluding carboxylic acids is 2. The van der Waals surface area contributed by atoms with E-state index in [9.17, 15) is 9.59 Å². The highest BCUT2D eigenvalue weighted by Gasteiger charge is 2.35. The van der Waals surface area contributed by atoms with Crippen LogP contribution in [0.5, 0.6) is 0 Å². The number of nitrogens with one attached hydrogen (secondary N) is 2. The van der Waals surface area contributed by atoms with E-state index in [1.165, 1.54) is 0 Å². The molecule has 8 heteroatoms. The van der Waals surface area contributed by atoms with Crippen LogP contribution in [0.25, 0.3) is 0 Å². The van der Waals surface area contributed by atoms with Gasteiger partial charge in [0.1, 0.15) is 0 Å². The molecule has 1 saturated carbocycles. The summed E-state index contributed by atoms with van der Waals surface area (Å²) in [5, 5.41) is 28.2. The molecule has 8 nitrogen and oxygen atoms in total. The monoisotopic (exact) mass is 258 g/mol. The quantitative estimate of drug-likeness (QED) is 0.423. The van der Waals surface area contributed by atoms with Crippen molar-refractivity contribution < 1.29 is 29.4 Å². The Bertz CT molecular complexity index is 308. The largest absolute Gasteiger partial charge is 0.481 e. The Morgan fingerprint density at radius 3 is 1.28 bits per heavy atom. The molecule has 0 heterocycles. The first-order valence-corrected chi connectivity index (χ1v) is 4.99. The van der Waals surface area contributed by atoms with Crippen LogP contribution in [0.15, 0.2) is 0 Å². The van der Waals surface area contributed by atoms with Gasteiger partial charge in [-0.15, -0.1) is 0 Å². The van der Waals surface area contributed by atoms with Gasteiger partial charge in [-0.3, -0.25) is 9.59 Å². The van der Waals surface area contributed by atoms with Crippen molar-refractivity contribution in [3.63, 3.8) is 0 Å². The second-order valence-electron chi connectivity index (χ2n) is 3.38. The van der Waals surface area contributed by atoms with Gasteiger partial charge in [-0.1, -0.05) is 12.8 Å². The summed E-state index contributed by atoms with van der Waals surface area (Å²) in [7, 11) is 0. The number of hydrogen-bond acceptors (Lipinski definition) is 6. The first-order chi connectivity index (χ1) is 8.45. The maximum absolute atomic E-state index is 10.6. The van der Waals surface area contributed by atoms with Crippen molar-refractivity contribution in [3.05, 3.63) is 0 Å². The van der Waals surface area contributed by atoms with E-state index >= 15 is 0 Å². The lowest BCUT2D eigenvalue weighted by atomic mass is 9.79. The molecule has 4 N–H and O–H groups in total. The molecule has 0 amide bonds. The van der Waals surface area contributed by atoms with Crippen molar-refractivity contribution in [2.75, 3.05) is 0 Å². The first-order valence-electron chi connectivity index (χ1n) is 4.99. The highest BCUT2D eigenvalue weighted by atomic mass is 16.4. The third-order valence-corrected chi connectivity index (χ3v) is 2.40. The molecule has 2 atom stereocenters. The zero-order chi connectivity index (χ0) is 14.6. The van der Waals surface area contributed by atoms with E-state index in [1.54, 1.807) is 0 Å². The lowest BCUT2D eigenvalue weighted by molar-refractivity contribution is -0.155. The second kappa shape index (κ2) is 11.2. The zero-order valence-corrected chi connectivity index (χ0v) is 9.51. The van der Waals surface area contributed by atoms with Crippen molar-refractivity contribution in [1.82, 2.24) is 0 Å². The van der Waals surface area contributed by atoms with Crippen molar-refractivity contribution in [1.29, 1.82) is 10.8 Å². The fourth-order valence-electron chi connectivity index (χ4n) is 1.72. The van der Waals surface area contributed by atoms with E-state index in [0.717, 1.165) is 25.0 Å². The second-order valence-corrected chi connectivity index (χ2v) is 3.38. The highest BCUT2D eigenvalue weighted by molar-refractivity contribution is 5.80. The highest BCUT2D eigenvalue weighted by Crippen LogP contribution is 2.30. The maximum atomic E-state index is 10.6. The van der Waals surface area contributed by atoms with E-state index in [-0.39, 0.29) is 0 Å². The van der Waals surface area contributed by atoms with Gasteiger partial charge in [0.25, 0.3) is 0 Å². The lowest BCUT2D eigenvalue weighted by Gasteiger charge is -2.24. The summed E-state index contributed by atoms with van der Waals surface area (Å²) < 4.78 is 0. The summed E-state index contributed by atoms with van der Waals surface area (Å²) >= 11 is 0. The number of isocyanates is 2. The van der Waals surface area contributed by atoms with Gasteiger partial charge in [-0.2, -0.15) is 0 Å². The van der Waals surface area contributed by atoms with Crippen LogP contribution in [0.4, 0.5) is 0 Å². The minimum absolute atomic E-state index is 0.506. The average molecular weight is 258 g/mol. The van der Waals surface area contributed by atoms with Crippen molar-refractivity contribution in [2.24, 2.45) is 11.8 Å². The topological polar surface area (TPSA) is 156 Å². The summed E-state index contributed by atoms with van der Waals surface area (Å²) in [5.41, 5.74) is 0. The molecule has 1 aliphatic rings. The van der Waals surface area contributed by atoms with Crippen LogP contribution in [0.1, 0.15) is 25.7 Å². The predicted octanol–water partition coefficient (Wildman–Crippen LogP) is 0.764. The molecule has 18 heavy (non-hydrogen) atoms. The fraction of sp³-hybridized carbons (Fsp3) is 0.600. The van der Waals surface area contributed by atoms with Crippen LogP contribution in [-0.2, 0) is 19.2 Å². The minimum atomic E-state index is -0.970. The molecule has 1 rings (SSSR count). The third kappa shape index (κ3) is 7.92. The van der Waals surface area contributed by atoms with Gasteiger partial charge >= 0.3 is 11.9 Å². The Labute approximate surface area is 103 Å². The lowest BCUT2D eigenvalue weighted by Crippen LogP contribution is -2.32. The smallest absolute Gasteiger partial charge is 0.307 e. The Kier molecular flexibility index (Phi) is 11.2. The van der Waals surface area contributed by atoms with Crippen LogP contribution < -0.4 is 0 Å². The van der Waals surface area contributed by atoms with Crippen LogP contribution in [0.2, 0.25) is 0 Å². The molecule has 0 bridgehead atoms. The van der Waals surface area contributed by atoms with Gasteiger partial charge in [0, 0.05) is 0 Å². The van der Waals surface area contributed by atoms with E-state index in [4.69, 9.17) is 30.6 Å². The summed E-state index contributed by atoms with van der Waals surface area (Å²) in [6.45, 7) is 0. The number of aliphatic carboxylic acids is 2. The molecule has 100 valence electrons. The zero-order valence-electron chi connectivity index (χ0n) is 9.51. The summed E-state index contributed by atoms with van der Waals surface area (Å²) in [6.07, 6.45) is 4.18. The van der Waals surface area contributed by atoms with Crippen LogP contribution in [0, 0.1) is 22.7 Å². The molecule has 0 aromatic heterocycles. The molecule has 0 spiro atoms. The average Bonchev–Trinajstić information content (AvgIpc) is 2.31. The Hall–Kier alpha value is -2.30. The van der Waals surface area contributed by atoms with Gasteiger partial charge < -0.3 is 10.2 Å². The molecule has 0 aromatic carbocycles. The maximum Gasteiger partial charge on any atom is 0.307 e. The summed E-state index contributed by atoms with van der Waals surface area (Å²) in [6, 6.07) is 0. The third-order valence-electron chi connectivity index (χ3n) is 2.40. The van der Waals surface area contributed by atoms with Gasteiger partial charge in [0.15, 0.2) is 0 Å². The number of carboxylic acid groups (broad SMARTS) is 2. The SMILES string of the molecule is N=C=O.N=C=O.O=C(O)C1CCCCC1C(=O)O. The van der Waals surface area contributed by atoms with Crippen molar-refractivity contribution in [2.45, 2.75) is 25.7 Å². The van der Waals surface area contributed by atoms with Gasteiger partial charge in [0.05, 0.1) is 11.8 Å². The molecule has 1 fully saturated rings. The normalized spacial score (nSPS) is 20.7. The Morgan fingerprint density at radius 2 is 1.11 bits per heavy atom. The molecular weight excluding hydrogens is 244 g/mol. The van der Waals surface area contributed by atoms with E-state index in [2.05, 4.69) is 0 Å². The standard InChI is InChI=1S/C8H12O4.2CHNO/c9-7(10)5-3-1-2-4-6(5)8(11)12;2*2-1-3/h5-6H,1-4H2,(H,9,10)(H,11,12);2*2H. The molecule has 2 unspecified atom stereocenters. The van der Waals surface area contributed by atoms with Crippen LogP contribution in [0.3, 0.4) is 0 Å². The first kappa shape index (κ1) is 18.1. The van der Waals surface area contributed by atoms with Crippen molar-refractivity contribution >= 4 is 24.1 Å². The Morgan fingerprint density at radius 1 is 0.889 bits per heavy atom. The molecule has 0 saturated heterocycles. The fourth-order valence-corrected chi connectivity index (χ4v) is 1.72. The van der Waals surface area contributed by atoms with E-state index in [0.29, 0.717) is 12.8 Å². The van der Waals surface area contributed by atoms with Crippen LogP contribution >= 0.6 is 0 Å². The number of carbonyl (C=O) groups is 2. The Balaban J connectivity index is 0. The van der Waals surface area contributed by atoms with Crippen molar-refractivity contribution in [3.8, 4) is 0 Å². The number of rotatable bonds is 2. The predicted molar refractivity (Wildman–Crippen MR) is 57.5 cm³/mol. The molecule has 0 radical (unpaired) electrons. The van der Waals surface area contributed by atoms with E-state index in [1.807, 2.05) is 0 Å². The summed E-state index contributed by atoms with van der Waals surface area (Å²) in [4.78, 5) is 37.9. The van der Waals surface area contributed by atoms with Gasteiger partial charge in [-0.05, 0) is 12.8 Å². The molecule has 0 aliphatic heterocycles. The van der Waals surface area contributed by atoms with E-state index < -0.39 is 23.8 Å². The molecule has 0 aromatic rings. The summed E-state index contributed by atoms with van der Waals surface area (Å²) in [5.74, 6) is -3.28. The molecular formula is C10H14N2O6. The minimum Gasteiger partial charge on any atom is -0.481 e. The van der Waals surface area contributed by atoms with Gasteiger partial charge in [-0.25, -0.2) is 20.4 Å².